The van der Waals surface area contributed by atoms with Crippen molar-refractivity contribution in [2.24, 2.45) is 11.8 Å². The number of nitrogens with zero attached hydrogens (tertiary/aromatic N) is 1. The Balaban J connectivity index is 1.58. The van der Waals surface area contributed by atoms with E-state index < -0.39 is 47.2 Å². The Morgan fingerprint density at radius 3 is 2.53 bits per heavy atom. The number of halogens is 1. The average Bonchev–Trinajstić information content (AvgIpc) is 3.36. The number of nitrogens with one attached hydrogen (secondary N) is 2. The van der Waals surface area contributed by atoms with Crippen LogP contribution in [0.4, 0.5) is 5.69 Å². The number of methoxy groups -OCH3 is 1. The number of likely N-dealkylation sites (tertiary alicyclic amines) is 1. The van der Waals surface area contributed by atoms with Crippen LogP contribution in [0.2, 0.25) is 5.02 Å². The topological polar surface area (TPSA) is 108 Å². The second kappa shape index (κ2) is 7.30. The van der Waals surface area contributed by atoms with Crippen LogP contribution in [-0.2, 0) is 26.5 Å². The Hall–Kier alpha value is -2.94. The third-order valence-corrected chi connectivity index (χ3v) is 6.96. The van der Waals surface area contributed by atoms with Crippen molar-refractivity contribution in [3.05, 3.63) is 58.6 Å². The lowest BCUT2D eigenvalue weighted by atomic mass is 9.76. The molecule has 3 heterocycles. The maximum Gasteiger partial charge on any atom is 0.250 e. The van der Waals surface area contributed by atoms with E-state index in [2.05, 4.69) is 10.6 Å². The van der Waals surface area contributed by atoms with Crippen LogP contribution in [0.3, 0.4) is 0 Å². The van der Waals surface area contributed by atoms with E-state index in [4.69, 9.17) is 16.3 Å². The number of fused-ring (bicyclic) bond motifs is 4. The number of hydrogen-bond donors (Lipinski definition) is 3. The van der Waals surface area contributed by atoms with E-state index in [0.29, 0.717) is 22.0 Å². The van der Waals surface area contributed by atoms with E-state index in [1.807, 2.05) is 0 Å². The highest BCUT2D eigenvalue weighted by Gasteiger charge is 2.71. The molecule has 2 saturated heterocycles. The number of amides is 3. The molecule has 32 heavy (non-hydrogen) atoms. The van der Waals surface area contributed by atoms with Crippen molar-refractivity contribution >= 4 is 35.0 Å². The molecule has 0 aromatic heterocycles. The number of anilines is 1. The maximum absolute atomic E-state index is 13.6. The van der Waals surface area contributed by atoms with Gasteiger partial charge in [-0.05, 0) is 42.8 Å². The summed E-state index contributed by atoms with van der Waals surface area (Å²) in [5.41, 5.74) is 0.322. The number of imide groups is 1. The number of aliphatic hydroxyl groups excluding tert-OH is 1. The van der Waals surface area contributed by atoms with Crippen LogP contribution in [-0.4, -0.2) is 47.0 Å². The standard InChI is InChI=1S/C23H22ClN3O5/c1-11(28)19-17-18(23(26-19)15-9-13(24)5-8-16(15)25-22(23)31)21(30)27(20(17)29)10-12-3-6-14(32-2)7-4-12/h3-9,11,17-19,26,28H,10H2,1-2H3,(H,25,31)/t11-,17+,18-,19-,23-/m0/s1. The quantitative estimate of drug-likeness (QED) is 0.605. The van der Waals surface area contributed by atoms with Gasteiger partial charge in [0.15, 0.2) is 0 Å². The third-order valence-electron chi connectivity index (χ3n) is 6.72. The Labute approximate surface area is 189 Å². The van der Waals surface area contributed by atoms with Gasteiger partial charge in [-0.25, -0.2) is 0 Å². The molecule has 2 fully saturated rings. The summed E-state index contributed by atoms with van der Waals surface area (Å²) in [6.45, 7) is 1.62. The van der Waals surface area contributed by atoms with Gasteiger partial charge in [0.25, 0.3) is 0 Å². The first-order valence-corrected chi connectivity index (χ1v) is 10.7. The minimum absolute atomic E-state index is 0.0707. The van der Waals surface area contributed by atoms with Crippen molar-refractivity contribution in [2.75, 3.05) is 12.4 Å². The second-order valence-corrected chi connectivity index (χ2v) is 8.91. The van der Waals surface area contributed by atoms with Gasteiger partial charge in [-0.3, -0.25) is 24.6 Å². The highest BCUT2D eigenvalue weighted by molar-refractivity contribution is 6.31. The zero-order valence-corrected chi connectivity index (χ0v) is 18.2. The molecule has 5 rings (SSSR count). The van der Waals surface area contributed by atoms with Crippen LogP contribution in [0.5, 0.6) is 5.75 Å². The third kappa shape index (κ3) is 2.80. The predicted molar refractivity (Wildman–Crippen MR) is 116 cm³/mol. The molecule has 2 aromatic carbocycles. The molecule has 0 saturated carbocycles. The fourth-order valence-corrected chi connectivity index (χ4v) is 5.42. The first kappa shape index (κ1) is 20.9. The van der Waals surface area contributed by atoms with Gasteiger partial charge in [0.2, 0.25) is 17.7 Å². The molecule has 0 bridgehead atoms. The molecule has 0 radical (unpaired) electrons. The van der Waals surface area contributed by atoms with Crippen molar-refractivity contribution in [1.82, 2.24) is 10.2 Å². The minimum atomic E-state index is -1.48. The molecule has 8 nitrogen and oxygen atoms in total. The Morgan fingerprint density at radius 1 is 1.16 bits per heavy atom. The first-order chi connectivity index (χ1) is 15.3. The molecule has 1 spiro atoms. The molecular weight excluding hydrogens is 434 g/mol. The predicted octanol–water partition coefficient (Wildman–Crippen LogP) is 1.65. The van der Waals surface area contributed by atoms with Crippen LogP contribution >= 0.6 is 11.6 Å². The van der Waals surface area contributed by atoms with Gasteiger partial charge < -0.3 is 15.2 Å². The summed E-state index contributed by atoms with van der Waals surface area (Å²) in [4.78, 5) is 41.5. The van der Waals surface area contributed by atoms with E-state index in [0.717, 1.165) is 5.56 Å². The summed E-state index contributed by atoms with van der Waals surface area (Å²) in [6, 6.07) is 11.3. The van der Waals surface area contributed by atoms with Crippen LogP contribution < -0.4 is 15.4 Å². The molecule has 0 unspecified atom stereocenters. The number of rotatable bonds is 4. The molecule has 2 aromatic rings. The molecular formula is C23H22ClN3O5. The van der Waals surface area contributed by atoms with Gasteiger partial charge in [0.05, 0.1) is 31.6 Å². The number of hydrogen-bond acceptors (Lipinski definition) is 6. The smallest absolute Gasteiger partial charge is 0.250 e. The van der Waals surface area contributed by atoms with E-state index in [9.17, 15) is 19.5 Å². The zero-order chi connectivity index (χ0) is 22.8. The van der Waals surface area contributed by atoms with Gasteiger partial charge in [0.1, 0.15) is 11.3 Å². The highest BCUT2D eigenvalue weighted by atomic mass is 35.5. The van der Waals surface area contributed by atoms with Gasteiger partial charge >= 0.3 is 0 Å². The number of carbonyl (C=O) groups is 3. The van der Waals surface area contributed by atoms with E-state index in [1.54, 1.807) is 56.5 Å². The maximum atomic E-state index is 13.6. The van der Waals surface area contributed by atoms with E-state index >= 15 is 0 Å². The molecule has 0 aliphatic carbocycles. The van der Waals surface area contributed by atoms with Gasteiger partial charge in [-0.15, -0.1) is 0 Å². The lowest BCUT2D eigenvalue weighted by Gasteiger charge is -2.30. The minimum Gasteiger partial charge on any atom is -0.497 e. The molecule has 3 amide bonds. The normalized spacial score (nSPS) is 29.3. The van der Waals surface area contributed by atoms with Crippen LogP contribution in [0.1, 0.15) is 18.1 Å². The summed E-state index contributed by atoms with van der Waals surface area (Å²) in [5, 5.41) is 16.8. The number of carbonyl (C=O) groups excluding carboxylic acids is 3. The van der Waals surface area contributed by atoms with Crippen molar-refractivity contribution in [1.29, 1.82) is 0 Å². The molecule has 5 atom stereocenters. The molecule has 3 aliphatic heterocycles. The Kier molecular flexibility index (Phi) is 4.77. The number of aliphatic hydroxyl groups is 1. The second-order valence-electron chi connectivity index (χ2n) is 8.48. The summed E-state index contributed by atoms with van der Waals surface area (Å²) in [7, 11) is 1.56. The van der Waals surface area contributed by atoms with Crippen molar-refractivity contribution < 1.29 is 24.2 Å². The molecule has 9 heteroatoms. The fourth-order valence-electron chi connectivity index (χ4n) is 5.25. The summed E-state index contributed by atoms with van der Waals surface area (Å²) >= 11 is 6.21. The monoisotopic (exact) mass is 455 g/mol. The van der Waals surface area contributed by atoms with Crippen LogP contribution in [0.25, 0.3) is 0 Å². The molecule has 166 valence electrons. The lowest BCUT2D eigenvalue weighted by molar-refractivity contribution is -0.143. The van der Waals surface area contributed by atoms with Crippen LogP contribution in [0.15, 0.2) is 42.5 Å². The zero-order valence-electron chi connectivity index (χ0n) is 17.5. The molecule has 3 N–H and O–H groups in total. The first-order valence-electron chi connectivity index (χ1n) is 10.3. The Morgan fingerprint density at radius 2 is 1.88 bits per heavy atom. The molecule has 3 aliphatic rings. The Bertz CT molecular complexity index is 1130. The van der Waals surface area contributed by atoms with Gasteiger partial charge in [0, 0.05) is 22.3 Å². The van der Waals surface area contributed by atoms with Crippen LogP contribution in [0, 0.1) is 11.8 Å². The lowest BCUT2D eigenvalue weighted by Crippen LogP contribution is -2.54. The van der Waals surface area contributed by atoms with E-state index in [1.165, 1.54) is 4.90 Å². The SMILES string of the molecule is COc1ccc(CN2C(=O)[C@H]3[C@H]([C@H](C)O)N[C@]4(C(=O)Nc5ccc(Cl)cc54)[C@@H]3C2=O)cc1. The number of benzene rings is 2. The van der Waals surface area contributed by atoms with E-state index in [-0.39, 0.29) is 6.54 Å². The van der Waals surface area contributed by atoms with Crippen molar-refractivity contribution in [2.45, 2.75) is 31.2 Å². The summed E-state index contributed by atoms with van der Waals surface area (Å²) in [5.74, 6) is -2.49. The fraction of sp³-hybridized carbons (Fsp3) is 0.348. The average molecular weight is 456 g/mol. The number of ether oxygens (including phenoxy) is 1. The van der Waals surface area contributed by atoms with Gasteiger partial charge in [-0.2, -0.15) is 0 Å². The highest BCUT2D eigenvalue weighted by Crippen LogP contribution is 2.53. The van der Waals surface area contributed by atoms with Crippen molar-refractivity contribution in [3.63, 3.8) is 0 Å². The van der Waals surface area contributed by atoms with Crippen molar-refractivity contribution in [3.8, 4) is 5.75 Å². The van der Waals surface area contributed by atoms with Gasteiger partial charge in [-0.1, -0.05) is 23.7 Å². The summed E-state index contributed by atoms with van der Waals surface area (Å²) < 4.78 is 5.16. The summed E-state index contributed by atoms with van der Waals surface area (Å²) in [6.07, 6.45) is -0.962. The largest absolute Gasteiger partial charge is 0.497 e.